The topological polar surface area (TPSA) is 104 Å². The third-order valence-corrected chi connectivity index (χ3v) is 6.81. The average molecular weight is 449 g/mol. The van der Waals surface area contributed by atoms with Crippen molar-refractivity contribution < 1.29 is 13.2 Å². The molecule has 2 heterocycles. The molecule has 2 aromatic heterocycles. The molecule has 8 nitrogen and oxygen atoms in total. The quantitative estimate of drug-likeness (QED) is 0.569. The maximum Gasteiger partial charge on any atom is 0.325 e. The highest BCUT2D eigenvalue weighted by atomic mass is 35.5. The molecular weight excluding hydrogens is 428 g/mol. The minimum atomic E-state index is -3.46. The van der Waals surface area contributed by atoms with Crippen molar-refractivity contribution in [2.45, 2.75) is 31.8 Å². The van der Waals surface area contributed by atoms with Crippen LogP contribution in [0.2, 0.25) is 5.02 Å². The van der Waals surface area contributed by atoms with Crippen LogP contribution in [-0.4, -0.2) is 33.2 Å². The van der Waals surface area contributed by atoms with Gasteiger partial charge in [0.05, 0.1) is 10.3 Å². The summed E-state index contributed by atoms with van der Waals surface area (Å²) in [4.78, 5) is 24.5. The minimum absolute atomic E-state index is 0.0438. The summed E-state index contributed by atoms with van der Waals surface area (Å²) in [5, 5.41) is -0.221. The number of nitrogens with zero attached hydrogens (tertiary/aromatic N) is 4. The highest BCUT2D eigenvalue weighted by Crippen LogP contribution is 2.31. The monoisotopic (exact) mass is 448 g/mol. The van der Waals surface area contributed by atoms with E-state index in [0.29, 0.717) is 16.3 Å². The van der Waals surface area contributed by atoms with Gasteiger partial charge in [-0.1, -0.05) is 23.7 Å². The van der Waals surface area contributed by atoms with Crippen molar-refractivity contribution in [3.63, 3.8) is 0 Å². The summed E-state index contributed by atoms with van der Waals surface area (Å²) in [5.74, 6) is 0.232. The normalized spacial score (nSPS) is 11.7. The van der Waals surface area contributed by atoms with Gasteiger partial charge in [-0.05, 0) is 38.5 Å². The molecule has 10 heteroatoms. The Hall–Kier alpha value is -2.78. The van der Waals surface area contributed by atoms with Crippen LogP contribution in [0.3, 0.4) is 0 Å². The van der Waals surface area contributed by atoms with Gasteiger partial charge in [0.15, 0.2) is 27.2 Å². The molecule has 0 radical (unpaired) electrons. The minimum Gasteiger partial charge on any atom is -0.422 e. The molecule has 3 rings (SSSR count). The Morgan fingerprint density at radius 3 is 2.50 bits per heavy atom. The zero-order valence-electron chi connectivity index (χ0n) is 17.0. The van der Waals surface area contributed by atoms with Crippen molar-refractivity contribution >= 4 is 21.4 Å². The van der Waals surface area contributed by atoms with Crippen LogP contribution in [0.4, 0.5) is 0 Å². The third-order valence-electron chi connectivity index (χ3n) is 4.41. The van der Waals surface area contributed by atoms with Crippen LogP contribution in [0.5, 0.6) is 11.8 Å². The largest absolute Gasteiger partial charge is 0.422 e. The van der Waals surface area contributed by atoms with Gasteiger partial charge in [0.2, 0.25) is 5.56 Å². The fraction of sp³-hybridized carbons (Fsp3) is 0.300. The molecule has 30 heavy (non-hydrogen) atoms. The number of ether oxygens (including phenoxy) is 1. The van der Waals surface area contributed by atoms with Gasteiger partial charge in [0, 0.05) is 24.9 Å². The van der Waals surface area contributed by atoms with E-state index >= 15 is 0 Å². The van der Waals surface area contributed by atoms with Crippen molar-refractivity contribution in [1.29, 1.82) is 0 Å². The molecule has 0 saturated carbocycles. The van der Waals surface area contributed by atoms with Crippen molar-refractivity contribution in [3.05, 3.63) is 63.3 Å². The summed E-state index contributed by atoms with van der Waals surface area (Å²) in [6.45, 7) is 5.00. The summed E-state index contributed by atoms with van der Waals surface area (Å²) >= 11 is 6.23. The van der Waals surface area contributed by atoms with E-state index in [4.69, 9.17) is 16.3 Å². The second kappa shape index (κ2) is 8.53. The van der Waals surface area contributed by atoms with E-state index in [0.717, 1.165) is 5.56 Å². The fourth-order valence-electron chi connectivity index (χ4n) is 2.55. The van der Waals surface area contributed by atoms with Crippen LogP contribution in [0.25, 0.3) is 11.4 Å². The highest BCUT2D eigenvalue weighted by Gasteiger charge is 2.21. The summed E-state index contributed by atoms with van der Waals surface area (Å²) in [6.07, 6.45) is 1.56. The molecule has 0 N–H and O–H groups in total. The Labute approximate surface area is 179 Å². The third kappa shape index (κ3) is 4.85. The number of rotatable bonds is 6. The van der Waals surface area contributed by atoms with Crippen LogP contribution in [0, 0.1) is 6.92 Å². The Bertz CT molecular complexity index is 1240. The molecule has 0 amide bonds. The summed E-state index contributed by atoms with van der Waals surface area (Å²) in [5.41, 5.74) is 1.09. The molecule has 0 aliphatic rings. The molecule has 0 aliphatic carbocycles. The fourth-order valence-corrected chi connectivity index (χ4v) is 3.63. The Balaban J connectivity index is 2.12. The van der Waals surface area contributed by atoms with Crippen LogP contribution < -0.4 is 10.3 Å². The van der Waals surface area contributed by atoms with Crippen molar-refractivity contribution in [3.8, 4) is 23.1 Å². The number of para-hydroxylation sites is 1. The number of sulfone groups is 1. The van der Waals surface area contributed by atoms with Gasteiger partial charge in [-0.25, -0.2) is 13.4 Å². The summed E-state index contributed by atoms with van der Waals surface area (Å²) < 4.78 is 32.0. The average Bonchev–Trinajstić information content (AvgIpc) is 2.66. The van der Waals surface area contributed by atoms with Crippen LogP contribution in [0.1, 0.15) is 25.2 Å². The second-order valence-corrected chi connectivity index (χ2v) is 10.0. The smallest absolute Gasteiger partial charge is 0.325 e. The van der Waals surface area contributed by atoms with E-state index in [-0.39, 0.29) is 29.0 Å². The van der Waals surface area contributed by atoms with E-state index in [1.165, 1.54) is 10.6 Å². The lowest BCUT2D eigenvalue weighted by molar-refractivity contribution is 0.435. The van der Waals surface area contributed by atoms with Gasteiger partial charge >= 0.3 is 6.01 Å². The molecule has 0 atom stereocenters. The number of hydrogen-bond acceptors (Lipinski definition) is 7. The number of aromatic nitrogens is 4. The van der Waals surface area contributed by atoms with E-state index in [9.17, 15) is 13.2 Å². The molecule has 0 bridgehead atoms. The van der Waals surface area contributed by atoms with Crippen molar-refractivity contribution in [2.24, 2.45) is 7.05 Å². The van der Waals surface area contributed by atoms with Crippen LogP contribution >= 0.6 is 11.6 Å². The first-order valence-corrected chi connectivity index (χ1v) is 11.2. The molecule has 3 aromatic rings. The number of hydrogen-bond donors (Lipinski definition) is 0. The summed E-state index contributed by atoms with van der Waals surface area (Å²) in [7, 11) is -1.86. The van der Waals surface area contributed by atoms with E-state index < -0.39 is 15.1 Å². The number of aryl methyl sites for hydroxylation is 2. The summed E-state index contributed by atoms with van der Waals surface area (Å²) in [6, 6.07) is 8.13. The van der Waals surface area contributed by atoms with Gasteiger partial charge in [-0.3, -0.25) is 4.79 Å². The van der Waals surface area contributed by atoms with Gasteiger partial charge in [0.25, 0.3) is 0 Å². The van der Waals surface area contributed by atoms with E-state index in [2.05, 4.69) is 15.0 Å². The Morgan fingerprint density at radius 2 is 1.87 bits per heavy atom. The molecule has 0 spiro atoms. The molecule has 0 fully saturated rings. The maximum absolute atomic E-state index is 12.4. The first kappa shape index (κ1) is 21.9. The van der Waals surface area contributed by atoms with Crippen molar-refractivity contribution in [1.82, 2.24) is 19.5 Å². The van der Waals surface area contributed by atoms with E-state index in [1.54, 1.807) is 45.3 Å². The number of pyridine rings is 1. The lowest BCUT2D eigenvalue weighted by Crippen LogP contribution is -2.18. The van der Waals surface area contributed by atoms with Gasteiger partial charge in [-0.15, -0.1) is 0 Å². The van der Waals surface area contributed by atoms with Gasteiger partial charge in [-0.2, -0.15) is 9.97 Å². The predicted molar refractivity (Wildman–Crippen MR) is 115 cm³/mol. The zero-order chi connectivity index (χ0) is 22.1. The predicted octanol–water partition coefficient (Wildman–Crippen LogP) is 3.31. The Kier molecular flexibility index (Phi) is 6.23. The lowest BCUT2D eigenvalue weighted by atomic mass is 10.2. The maximum atomic E-state index is 12.4. The Morgan fingerprint density at radius 1 is 1.13 bits per heavy atom. The van der Waals surface area contributed by atoms with Crippen LogP contribution in [0.15, 0.2) is 41.3 Å². The SMILES string of the molecule is Cc1cccc(Cl)c1Oc1nc(CS(=O)(=O)C(C)C)nc(-c2ccc(=O)n(C)c2)n1. The zero-order valence-corrected chi connectivity index (χ0v) is 18.5. The molecule has 0 saturated heterocycles. The van der Waals surface area contributed by atoms with E-state index in [1.807, 2.05) is 13.0 Å². The van der Waals surface area contributed by atoms with Gasteiger partial charge in [0.1, 0.15) is 5.75 Å². The molecular formula is C20H21ClN4O4S. The highest BCUT2D eigenvalue weighted by molar-refractivity contribution is 7.91. The molecule has 0 unspecified atom stereocenters. The van der Waals surface area contributed by atoms with Crippen molar-refractivity contribution in [2.75, 3.05) is 0 Å². The second-order valence-electron chi connectivity index (χ2n) is 7.07. The first-order valence-electron chi connectivity index (χ1n) is 9.13. The number of halogens is 1. The van der Waals surface area contributed by atoms with Gasteiger partial charge < -0.3 is 9.30 Å². The number of benzene rings is 1. The molecule has 1 aromatic carbocycles. The molecule has 158 valence electrons. The lowest BCUT2D eigenvalue weighted by Gasteiger charge is -2.12. The van der Waals surface area contributed by atoms with Crippen LogP contribution in [-0.2, 0) is 22.6 Å². The standard InChI is InChI=1S/C20H21ClN4O4S/c1-12(2)30(27,28)11-16-22-19(14-8-9-17(26)25(4)10-14)24-20(23-16)29-18-13(3)6-5-7-15(18)21/h5-10,12H,11H2,1-4H3. The first-order chi connectivity index (χ1) is 14.1. The molecule has 0 aliphatic heterocycles.